The molecule has 2 aliphatic rings. The van der Waals surface area contributed by atoms with Crippen LogP contribution in [-0.4, -0.2) is 48.2 Å². The number of likely N-dealkylation sites (N-methyl/N-ethyl adjacent to an activating group) is 1. The quantitative estimate of drug-likeness (QED) is 0.668. The summed E-state index contributed by atoms with van der Waals surface area (Å²) in [5, 5.41) is 12.8. The number of carbonyl (C=O) groups excluding carboxylic acids is 1. The number of nitrogens with one attached hydrogen (secondary N) is 1. The average Bonchev–Trinajstić information content (AvgIpc) is 2.58. The van der Waals surface area contributed by atoms with Crippen LogP contribution in [0.2, 0.25) is 0 Å². The lowest BCUT2D eigenvalue weighted by Crippen LogP contribution is -2.45. The summed E-state index contributed by atoms with van der Waals surface area (Å²) < 4.78 is 0. The lowest BCUT2D eigenvalue weighted by Gasteiger charge is -2.27. The minimum atomic E-state index is -0.416. The smallest absolute Gasteiger partial charge is 0.226 e. The monoisotopic (exact) mass is 212 g/mol. The molecule has 3 atom stereocenters. The molecule has 1 saturated heterocycles. The van der Waals surface area contributed by atoms with E-state index in [0.29, 0.717) is 13.1 Å². The number of nitrogens with zero attached hydrogens (tertiary/aromatic N) is 1. The second-order valence-electron chi connectivity index (χ2n) is 5.49. The van der Waals surface area contributed by atoms with E-state index in [1.54, 1.807) is 11.9 Å². The van der Waals surface area contributed by atoms with Gasteiger partial charge in [0.05, 0.1) is 12.1 Å². The summed E-state index contributed by atoms with van der Waals surface area (Å²) in [5.41, 5.74) is 0.169. The van der Waals surface area contributed by atoms with Crippen LogP contribution in [0.3, 0.4) is 0 Å². The standard InChI is InChI=1S/C11H20N2O2/c1-11(2)4-7(11)10(15)13(3)8-5-12-6-9(8)14/h7-9,12,14H,4-6H2,1-3H3/t7?,8-,9-/m1/s1. The molecule has 2 fully saturated rings. The molecule has 2 rings (SSSR count). The van der Waals surface area contributed by atoms with E-state index in [0.717, 1.165) is 6.42 Å². The number of hydrogen-bond donors (Lipinski definition) is 2. The third-order valence-electron chi connectivity index (χ3n) is 3.81. The fourth-order valence-electron chi connectivity index (χ4n) is 2.34. The number of hydrogen-bond acceptors (Lipinski definition) is 3. The zero-order valence-corrected chi connectivity index (χ0v) is 9.66. The maximum atomic E-state index is 12.0. The number of amides is 1. The van der Waals surface area contributed by atoms with Gasteiger partial charge in [-0.1, -0.05) is 13.8 Å². The molecule has 1 aliphatic carbocycles. The third-order valence-corrected chi connectivity index (χ3v) is 3.81. The van der Waals surface area contributed by atoms with Gasteiger partial charge in [0.15, 0.2) is 0 Å². The molecular weight excluding hydrogens is 192 g/mol. The molecular formula is C11H20N2O2. The van der Waals surface area contributed by atoms with E-state index in [1.165, 1.54) is 0 Å². The van der Waals surface area contributed by atoms with E-state index in [-0.39, 0.29) is 23.3 Å². The van der Waals surface area contributed by atoms with Crippen LogP contribution in [-0.2, 0) is 4.79 Å². The molecule has 1 aliphatic heterocycles. The van der Waals surface area contributed by atoms with Crippen LogP contribution >= 0.6 is 0 Å². The van der Waals surface area contributed by atoms with Crippen LogP contribution < -0.4 is 5.32 Å². The summed E-state index contributed by atoms with van der Waals surface area (Å²) in [4.78, 5) is 13.8. The maximum Gasteiger partial charge on any atom is 0.226 e. The Morgan fingerprint density at radius 1 is 1.47 bits per heavy atom. The minimum absolute atomic E-state index is 0.0473. The summed E-state index contributed by atoms with van der Waals surface area (Å²) in [7, 11) is 1.80. The van der Waals surface area contributed by atoms with Gasteiger partial charge >= 0.3 is 0 Å². The van der Waals surface area contributed by atoms with Crippen molar-refractivity contribution in [2.24, 2.45) is 11.3 Å². The molecule has 1 unspecified atom stereocenters. The Bertz CT molecular complexity index is 278. The van der Waals surface area contributed by atoms with E-state index >= 15 is 0 Å². The Morgan fingerprint density at radius 3 is 2.47 bits per heavy atom. The first-order valence-electron chi connectivity index (χ1n) is 5.59. The minimum Gasteiger partial charge on any atom is -0.390 e. The van der Waals surface area contributed by atoms with Crippen LogP contribution in [0, 0.1) is 11.3 Å². The van der Waals surface area contributed by atoms with Gasteiger partial charge in [-0.15, -0.1) is 0 Å². The predicted octanol–water partition coefficient (Wildman–Crippen LogP) is -0.176. The molecule has 0 aromatic rings. The zero-order chi connectivity index (χ0) is 11.2. The normalized spacial score (nSPS) is 37.7. The van der Waals surface area contributed by atoms with E-state index < -0.39 is 6.10 Å². The summed E-state index contributed by atoms with van der Waals surface area (Å²) >= 11 is 0. The van der Waals surface area contributed by atoms with Gasteiger partial charge in [-0.2, -0.15) is 0 Å². The van der Waals surface area contributed by atoms with Crippen molar-refractivity contribution in [1.82, 2.24) is 10.2 Å². The second-order valence-corrected chi connectivity index (χ2v) is 5.49. The lowest BCUT2D eigenvalue weighted by molar-refractivity contribution is -0.135. The molecule has 2 N–H and O–H groups in total. The molecule has 0 bridgehead atoms. The van der Waals surface area contributed by atoms with E-state index in [9.17, 15) is 9.90 Å². The van der Waals surface area contributed by atoms with Gasteiger partial charge in [0.1, 0.15) is 0 Å². The Hall–Kier alpha value is -0.610. The van der Waals surface area contributed by atoms with Gasteiger partial charge in [-0.05, 0) is 11.8 Å². The van der Waals surface area contributed by atoms with Crippen LogP contribution in [0.25, 0.3) is 0 Å². The fraction of sp³-hybridized carbons (Fsp3) is 0.909. The highest BCUT2D eigenvalue weighted by atomic mass is 16.3. The molecule has 0 aromatic heterocycles. The topological polar surface area (TPSA) is 52.6 Å². The second kappa shape index (κ2) is 3.46. The van der Waals surface area contributed by atoms with Crippen LogP contribution in [0.5, 0.6) is 0 Å². The molecule has 0 aromatic carbocycles. The van der Waals surface area contributed by atoms with Gasteiger partial charge < -0.3 is 15.3 Å². The molecule has 0 spiro atoms. The number of rotatable bonds is 2. The van der Waals surface area contributed by atoms with Crippen molar-refractivity contribution in [3.63, 3.8) is 0 Å². The van der Waals surface area contributed by atoms with Gasteiger partial charge in [0, 0.05) is 26.1 Å². The van der Waals surface area contributed by atoms with Gasteiger partial charge in [0.2, 0.25) is 5.91 Å². The summed E-state index contributed by atoms with van der Waals surface area (Å²) in [6.45, 7) is 5.53. The molecule has 86 valence electrons. The van der Waals surface area contributed by atoms with Gasteiger partial charge in [-0.25, -0.2) is 0 Å². The highest BCUT2D eigenvalue weighted by molar-refractivity contribution is 5.82. The Balaban J connectivity index is 1.96. The molecule has 15 heavy (non-hydrogen) atoms. The van der Waals surface area contributed by atoms with Gasteiger partial charge in [-0.3, -0.25) is 4.79 Å². The number of carbonyl (C=O) groups is 1. The van der Waals surface area contributed by atoms with Crippen molar-refractivity contribution in [2.45, 2.75) is 32.4 Å². The Morgan fingerprint density at radius 2 is 2.07 bits per heavy atom. The average molecular weight is 212 g/mol. The van der Waals surface area contributed by atoms with Crippen LogP contribution in [0.15, 0.2) is 0 Å². The Labute approximate surface area is 90.6 Å². The van der Waals surface area contributed by atoms with Crippen LogP contribution in [0.4, 0.5) is 0 Å². The molecule has 1 saturated carbocycles. The third kappa shape index (κ3) is 1.88. The van der Waals surface area contributed by atoms with Crippen LogP contribution in [0.1, 0.15) is 20.3 Å². The first-order chi connectivity index (χ1) is 6.93. The van der Waals surface area contributed by atoms with E-state index in [2.05, 4.69) is 19.2 Å². The van der Waals surface area contributed by atoms with E-state index in [1.807, 2.05) is 0 Å². The largest absolute Gasteiger partial charge is 0.390 e. The number of aliphatic hydroxyl groups excluding tert-OH is 1. The lowest BCUT2D eigenvalue weighted by atomic mass is 10.1. The number of aliphatic hydroxyl groups is 1. The first-order valence-corrected chi connectivity index (χ1v) is 5.59. The van der Waals surface area contributed by atoms with Crippen molar-refractivity contribution >= 4 is 5.91 Å². The predicted molar refractivity (Wildman–Crippen MR) is 57.3 cm³/mol. The fourth-order valence-corrected chi connectivity index (χ4v) is 2.34. The summed E-state index contributed by atoms with van der Waals surface area (Å²) in [6, 6.07) is -0.0473. The number of β-amino-alcohol motifs (C(OH)–C–C–N with tert-alkyl or cyclic N) is 1. The van der Waals surface area contributed by atoms with Gasteiger partial charge in [0.25, 0.3) is 0 Å². The summed E-state index contributed by atoms with van der Waals surface area (Å²) in [6.07, 6.45) is 0.563. The molecule has 1 heterocycles. The zero-order valence-electron chi connectivity index (χ0n) is 9.66. The van der Waals surface area contributed by atoms with Crippen molar-refractivity contribution in [3.05, 3.63) is 0 Å². The highest BCUT2D eigenvalue weighted by Gasteiger charge is 2.52. The SMILES string of the molecule is CN(C(=O)C1CC1(C)C)[C@@H]1CNC[C@H]1O. The summed E-state index contributed by atoms with van der Waals surface area (Å²) in [5.74, 6) is 0.350. The maximum absolute atomic E-state index is 12.0. The molecule has 1 amide bonds. The van der Waals surface area contributed by atoms with E-state index in [4.69, 9.17) is 0 Å². The Kier molecular flexibility index (Phi) is 2.51. The molecule has 4 nitrogen and oxygen atoms in total. The van der Waals surface area contributed by atoms with Crippen molar-refractivity contribution in [1.29, 1.82) is 0 Å². The molecule has 4 heteroatoms. The van der Waals surface area contributed by atoms with Crippen molar-refractivity contribution in [2.75, 3.05) is 20.1 Å². The van der Waals surface area contributed by atoms with Crippen molar-refractivity contribution < 1.29 is 9.90 Å². The van der Waals surface area contributed by atoms with Crippen molar-refractivity contribution in [3.8, 4) is 0 Å². The molecule has 0 radical (unpaired) electrons. The first kappa shape index (κ1) is 10.9. The highest BCUT2D eigenvalue weighted by Crippen LogP contribution is 2.52.